The van der Waals surface area contributed by atoms with E-state index in [1.54, 1.807) is 10.3 Å². The van der Waals surface area contributed by atoms with Crippen LogP contribution in [0, 0.1) is 5.51 Å². The maximum atomic E-state index is 13.6. The lowest BCUT2D eigenvalue weighted by molar-refractivity contribution is -0.137. The van der Waals surface area contributed by atoms with Crippen LogP contribution in [0.25, 0.3) is 0 Å². The summed E-state index contributed by atoms with van der Waals surface area (Å²) < 4.78 is 0. The largest absolute Gasteiger partial charge is 0.344 e. The number of rotatable bonds is 14. The molecule has 4 rings (SSSR count). The number of nitrogens with two attached hydrogens (primary N) is 1. The van der Waals surface area contributed by atoms with E-state index in [4.69, 9.17) is 5.73 Å². The molecule has 1 aromatic heterocycles. The highest BCUT2D eigenvalue weighted by atomic mass is 32.1. The minimum atomic E-state index is -0.702. The summed E-state index contributed by atoms with van der Waals surface area (Å²) in [6.07, 6.45) is 3.98. The smallest absolute Gasteiger partial charge is 0.240 e. The van der Waals surface area contributed by atoms with Crippen molar-refractivity contribution in [3.63, 3.8) is 0 Å². The third-order valence-electron chi connectivity index (χ3n) is 6.65. The summed E-state index contributed by atoms with van der Waals surface area (Å²) in [6.45, 7) is 0.455. The van der Waals surface area contributed by atoms with Crippen molar-refractivity contribution in [2.75, 3.05) is 13.1 Å². The minimum absolute atomic E-state index is 0.0598. The van der Waals surface area contributed by atoms with E-state index in [0.717, 1.165) is 30.4 Å². The first-order valence-corrected chi connectivity index (χ1v) is 13.7. The van der Waals surface area contributed by atoms with E-state index in [1.807, 2.05) is 60.7 Å². The third-order valence-corrected chi connectivity index (χ3v) is 7.18. The molecule has 2 amide bonds. The molecule has 2 aromatic carbocycles. The normalized spacial score (nSPS) is 13.8. The number of ketones is 1. The van der Waals surface area contributed by atoms with Crippen molar-refractivity contribution >= 4 is 28.9 Å². The first-order valence-electron chi connectivity index (χ1n) is 12.8. The molecular weight excluding hydrogens is 484 g/mol. The summed E-state index contributed by atoms with van der Waals surface area (Å²) in [5, 5.41) is 4.51. The van der Waals surface area contributed by atoms with Crippen LogP contribution in [0.3, 0.4) is 0 Å². The van der Waals surface area contributed by atoms with E-state index in [2.05, 4.69) is 15.8 Å². The molecule has 0 spiro atoms. The fraction of sp³-hybridized carbons (Fsp3) is 0.379. The monoisotopic (exact) mass is 517 g/mol. The first kappa shape index (κ1) is 26.7. The highest BCUT2D eigenvalue weighted by Gasteiger charge is 2.35. The van der Waals surface area contributed by atoms with Gasteiger partial charge in [-0.05, 0) is 49.8 Å². The summed E-state index contributed by atoms with van der Waals surface area (Å²) in [5.74, 6) is -0.733. The second kappa shape index (κ2) is 13.3. The number of thiazole rings is 1. The number of nitrogens with zero attached hydrogens (tertiary/aromatic N) is 2. The van der Waals surface area contributed by atoms with Crippen molar-refractivity contribution < 1.29 is 14.4 Å². The minimum Gasteiger partial charge on any atom is -0.344 e. The van der Waals surface area contributed by atoms with Crippen LogP contribution in [0.4, 0.5) is 0 Å². The summed E-state index contributed by atoms with van der Waals surface area (Å²) >= 11 is 1.22. The van der Waals surface area contributed by atoms with Gasteiger partial charge in [0.05, 0.1) is 12.6 Å². The van der Waals surface area contributed by atoms with E-state index >= 15 is 0 Å². The summed E-state index contributed by atoms with van der Waals surface area (Å²) in [6, 6.07) is 19.3. The van der Waals surface area contributed by atoms with Crippen LogP contribution < -0.4 is 11.1 Å². The van der Waals surface area contributed by atoms with Gasteiger partial charge in [0, 0.05) is 23.8 Å². The van der Waals surface area contributed by atoms with Crippen LogP contribution in [-0.2, 0) is 9.59 Å². The Kier molecular flexibility index (Phi) is 9.57. The van der Waals surface area contributed by atoms with Gasteiger partial charge in [0.15, 0.2) is 5.51 Å². The number of hydrogen-bond acceptors (Lipinski definition) is 6. The predicted molar refractivity (Wildman–Crippen MR) is 144 cm³/mol. The van der Waals surface area contributed by atoms with Crippen LogP contribution in [0.2, 0.25) is 0 Å². The molecule has 0 bridgehead atoms. The predicted octanol–water partition coefficient (Wildman–Crippen LogP) is 3.95. The Morgan fingerprint density at radius 1 is 1.03 bits per heavy atom. The van der Waals surface area contributed by atoms with Crippen molar-refractivity contribution in [1.82, 2.24) is 15.2 Å². The number of carbonyl (C=O) groups excluding carboxylic acids is 3. The number of unbranched alkanes of at least 4 members (excludes halogenated alkanes) is 1. The Labute approximate surface area is 222 Å². The number of hydrogen-bond donors (Lipinski definition) is 2. The van der Waals surface area contributed by atoms with Gasteiger partial charge >= 0.3 is 0 Å². The van der Waals surface area contributed by atoms with E-state index < -0.39 is 6.04 Å². The van der Waals surface area contributed by atoms with Gasteiger partial charge in [0.2, 0.25) is 17.6 Å². The molecular formula is C29H33N4O3S. The second-order valence-corrected chi connectivity index (χ2v) is 10.1. The number of nitrogens with one attached hydrogen (secondary N) is 1. The van der Waals surface area contributed by atoms with E-state index in [0.29, 0.717) is 25.1 Å². The van der Waals surface area contributed by atoms with E-state index in [9.17, 15) is 14.4 Å². The molecule has 1 aliphatic rings. The lowest BCUT2D eigenvalue weighted by Gasteiger charge is -2.26. The lowest BCUT2D eigenvalue weighted by Crippen LogP contribution is -2.48. The summed E-state index contributed by atoms with van der Waals surface area (Å²) in [4.78, 5) is 45.4. The maximum absolute atomic E-state index is 13.6. The Balaban J connectivity index is 1.45. The van der Waals surface area contributed by atoms with Gasteiger partial charge in [-0.2, -0.15) is 0 Å². The van der Waals surface area contributed by atoms with Gasteiger partial charge in [-0.1, -0.05) is 60.7 Å². The van der Waals surface area contributed by atoms with Crippen LogP contribution >= 0.6 is 11.3 Å². The van der Waals surface area contributed by atoms with Gasteiger partial charge < -0.3 is 16.0 Å². The van der Waals surface area contributed by atoms with E-state index in [1.165, 1.54) is 11.3 Å². The molecule has 7 nitrogen and oxygen atoms in total. The molecule has 1 radical (unpaired) electrons. The molecule has 3 aromatic rings. The molecule has 8 heteroatoms. The van der Waals surface area contributed by atoms with Gasteiger partial charge in [-0.15, -0.1) is 11.3 Å². The van der Waals surface area contributed by atoms with Crippen molar-refractivity contribution in [3.8, 4) is 0 Å². The lowest BCUT2D eigenvalue weighted by atomic mass is 9.88. The topological polar surface area (TPSA) is 105 Å². The Bertz CT molecular complexity index is 1110. The zero-order valence-electron chi connectivity index (χ0n) is 20.8. The van der Waals surface area contributed by atoms with Crippen LogP contribution in [0.5, 0.6) is 0 Å². The van der Waals surface area contributed by atoms with Crippen molar-refractivity contribution in [2.45, 2.75) is 56.5 Å². The zero-order chi connectivity index (χ0) is 26.0. The summed E-state index contributed by atoms with van der Waals surface area (Å²) in [5.41, 5.74) is 10.7. The zero-order valence-corrected chi connectivity index (χ0v) is 21.7. The van der Waals surface area contributed by atoms with Crippen molar-refractivity contribution in [3.05, 3.63) is 88.4 Å². The average molecular weight is 518 g/mol. The molecule has 1 fully saturated rings. The molecule has 1 atom stereocenters. The van der Waals surface area contributed by atoms with Crippen LogP contribution in [-0.4, -0.2) is 52.7 Å². The second-order valence-electron chi connectivity index (χ2n) is 9.42. The molecule has 1 aliphatic carbocycles. The number of Topliss-reactive ketones (excluding diaryl/α,β-unsaturated/α-hetero) is 1. The molecule has 0 saturated heterocycles. The Morgan fingerprint density at radius 3 is 2.22 bits per heavy atom. The highest BCUT2D eigenvalue weighted by molar-refractivity contribution is 7.07. The molecule has 1 heterocycles. The van der Waals surface area contributed by atoms with Gasteiger partial charge in [-0.25, -0.2) is 4.98 Å². The molecule has 1 saturated carbocycles. The molecule has 0 aliphatic heterocycles. The summed E-state index contributed by atoms with van der Waals surface area (Å²) in [7, 11) is 0. The molecule has 37 heavy (non-hydrogen) atoms. The Morgan fingerprint density at radius 2 is 1.68 bits per heavy atom. The number of amides is 2. The fourth-order valence-electron chi connectivity index (χ4n) is 4.53. The third kappa shape index (κ3) is 7.57. The standard InChI is InChI=1S/C29H33N4O3S/c30-16-8-7-13-25(29(36)26-19-37-20-31-26)32-27(34)18-33(23-14-15-23)28(35)17-24(21-9-3-1-4-10-21)22-11-5-2-6-12-22/h1-6,9-12,19,23-25H,7-8,13-18,30H2,(H,32,34)/t25-/m0/s1. The molecule has 193 valence electrons. The fourth-order valence-corrected chi connectivity index (χ4v) is 5.01. The highest BCUT2D eigenvalue weighted by Crippen LogP contribution is 2.32. The number of aromatic nitrogens is 1. The average Bonchev–Trinajstić information content (AvgIpc) is 3.62. The van der Waals surface area contributed by atoms with Crippen LogP contribution in [0.15, 0.2) is 66.0 Å². The quantitative estimate of drug-likeness (QED) is 0.249. The van der Waals surface area contributed by atoms with Gasteiger partial charge in [0.1, 0.15) is 5.69 Å². The first-order chi connectivity index (χ1) is 18.1. The van der Waals surface area contributed by atoms with Gasteiger partial charge in [-0.3, -0.25) is 14.4 Å². The SMILES string of the molecule is NCCCC[C@H](NC(=O)CN(C(=O)CC(c1ccccc1)c1ccccc1)C1CC1)C(=O)c1cs[c]n1. The number of carbonyl (C=O) groups is 3. The Hall–Kier alpha value is -3.36. The van der Waals surface area contributed by atoms with Gasteiger partial charge in [0.25, 0.3) is 0 Å². The maximum Gasteiger partial charge on any atom is 0.240 e. The van der Waals surface area contributed by atoms with Crippen molar-refractivity contribution in [1.29, 1.82) is 0 Å². The molecule has 0 unspecified atom stereocenters. The van der Waals surface area contributed by atoms with Crippen molar-refractivity contribution in [2.24, 2.45) is 5.73 Å². The molecule has 3 N–H and O–H groups in total. The van der Waals surface area contributed by atoms with Crippen LogP contribution in [0.1, 0.15) is 66.1 Å². The van der Waals surface area contributed by atoms with E-state index in [-0.39, 0.29) is 42.5 Å². The number of benzene rings is 2.